The quantitative estimate of drug-likeness (QED) is 0.683. The number of rotatable bonds is 0. The van der Waals surface area contributed by atoms with E-state index in [2.05, 4.69) is 36.4 Å². The first-order valence-electron chi connectivity index (χ1n) is 7.03. The zero-order valence-corrected chi connectivity index (χ0v) is 10.9. The van der Waals surface area contributed by atoms with Gasteiger partial charge in [-0.2, -0.15) is 0 Å². The Morgan fingerprint density at radius 1 is 0.895 bits per heavy atom. The van der Waals surface area contributed by atoms with Crippen molar-refractivity contribution in [2.45, 2.75) is 25.7 Å². The highest BCUT2D eigenvalue weighted by molar-refractivity contribution is 5.99. The summed E-state index contributed by atoms with van der Waals surface area (Å²) in [5.41, 5.74) is 13.0. The summed E-state index contributed by atoms with van der Waals surface area (Å²) in [5, 5.41) is 2.54. The molecule has 0 aliphatic heterocycles. The van der Waals surface area contributed by atoms with E-state index in [4.69, 9.17) is 5.73 Å². The molecular weight excluding hydrogens is 230 g/mol. The second-order valence-corrected chi connectivity index (χ2v) is 5.49. The number of nitrogen functional groups attached to an aromatic ring is 1. The van der Waals surface area contributed by atoms with Crippen molar-refractivity contribution in [1.82, 2.24) is 0 Å². The molecule has 0 radical (unpaired) electrons. The van der Waals surface area contributed by atoms with Gasteiger partial charge in [0, 0.05) is 11.1 Å². The van der Waals surface area contributed by atoms with Gasteiger partial charge in [0.25, 0.3) is 0 Å². The second kappa shape index (κ2) is 3.99. The Morgan fingerprint density at radius 3 is 2.79 bits per heavy atom. The summed E-state index contributed by atoms with van der Waals surface area (Å²) in [4.78, 5) is 0. The minimum absolute atomic E-state index is 0.888. The third-order valence-corrected chi connectivity index (χ3v) is 4.45. The van der Waals surface area contributed by atoms with Gasteiger partial charge in [-0.3, -0.25) is 0 Å². The maximum atomic E-state index is 6.10. The highest BCUT2D eigenvalue weighted by Gasteiger charge is 2.20. The Bertz CT molecular complexity index is 735. The lowest BCUT2D eigenvalue weighted by atomic mass is 9.79. The summed E-state index contributed by atoms with van der Waals surface area (Å²) in [7, 11) is 0. The lowest BCUT2D eigenvalue weighted by Gasteiger charge is -2.25. The van der Waals surface area contributed by atoms with Gasteiger partial charge < -0.3 is 5.73 Å². The summed E-state index contributed by atoms with van der Waals surface area (Å²) in [5.74, 6) is 0. The number of fused-ring (bicyclic) bond motifs is 4. The number of aryl methyl sites for hydroxylation is 1. The van der Waals surface area contributed by atoms with Crippen molar-refractivity contribution in [2.24, 2.45) is 0 Å². The fourth-order valence-electron chi connectivity index (χ4n) is 3.49. The molecule has 0 aromatic heterocycles. The molecule has 1 heteroatoms. The van der Waals surface area contributed by atoms with Gasteiger partial charge in [0.1, 0.15) is 0 Å². The van der Waals surface area contributed by atoms with Crippen molar-refractivity contribution in [3.63, 3.8) is 0 Å². The molecule has 2 aliphatic rings. The maximum absolute atomic E-state index is 6.10. The molecule has 2 aromatic carbocycles. The van der Waals surface area contributed by atoms with E-state index in [-0.39, 0.29) is 0 Å². The number of nitrogens with two attached hydrogens (primary N) is 1. The molecule has 2 aliphatic carbocycles. The monoisotopic (exact) mass is 247 g/mol. The van der Waals surface area contributed by atoms with Crippen LogP contribution in [0.1, 0.15) is 30.4 Å². The van der Waals surface area contributed by atoms with Crippen LogP contribution in [0.4, 0.5) is 5.69 Å². The summed E-state index contributed by atoms with van der Waals surface area (Å²) in [6.45, 7) is 0. The van der Waals surface area contributed by atoms with Crippen LogP contribution >= 0.6 is 0 Å². The van der Waals surface area contributed by atoms with Crippen LogP contribution in [0.5, 0.6) is 0 Å². The molecule has 0 amide bonds. The Kier molecular flexibility index (Phi) is 2.28. The lowest BCUT2D eigenvalue weighted by Crippen LogP contribution is -2.07. The van der Waals surface area contributed by atoms with Gasteiger partial charge in [0.05, 0.1) is 0 Å². The summed E-state index contributed by atoms with van der Waals surface area (Å²) in [6, 6.07) is 10.7. The van der Waals surface area contributed by atoms with Crippen LogP contribution in [0, 0.1) is 0 Å². The van der Waals surface area contributed by atoms with Crippen molar-refractivity contribution in [1.29, 1.82) is 0 Å². The molecule has 0 saturated carbocycles. The SMILES string of the molecule is Nc1cccc2c3c(ccc12)C1=C(CCC=C1)CC3. The van der Waals surface area contributed by atoms with Crippen LogP contribution in [0.25, 0.3) is 16.3 Å². The van der Waals surface area contributed by atoms with Crippen LogP contribution in [0.2, 0.25) is 0 Å². The molecule has 4 rings (SSSR count). The fourth-order valence-corrected chi connectivity index (χ4v) is 3.49. The van der Waals surface area contributed by atoms with Crippen molar-refractivity contribution in [3.05, 3.63) is 59.2 Å². The van der Waals surface area contributed by atoms with E-state index < -0.39 is 0 Å². The van der Waals surface area contributed by atoms with Gasteiger partial charge in [-0.05, 0) is 53.8 Å². The van der Waals surface area contributed by atoms with Gasteiger partial charge >= 0.3 is 0 Å². The molecule has 0 heterocycles. The van der Waals surface area contributed by atoms with E-state index in [1.807, 2.05) is 6.07 Å². The Balaban J connectivity index is 2.04. The Hall–Kier alpha value is -2.02. The number of benzene rings is 2. The molecule has 0 spiro atoms. The van der Waals surface area contributed by atoms with Gasteiger partial charge in [0.2, 0.25) is 0 Å². The van der Waals surface area contributed by atoms with Gasteiger partial charge in [0.15, 0.2) is 0 Å². The smallest absolute Gasteiger partial charge is 0.0393 e. The van der Waals surface area contributed by atoms with Crippen molar-refractivity contribution >= 4 is 22.0 Å². The van der Waals surface area contributed by atoms with Crippen LogP contribution in [0.15, 0.2) is 48.1 Å². The number of anilines is 1. The highest BCUT2D eigenvalue weighted by atomic mass is 14.5. The first-order chi connectivity index (χ1) is 9.34. The van der Waals surface area contributed by atoms with E-state index >= 15 is 0 Å². The molecule has 2 N–H and O–H groups in total. The zero-order valence-electron chi connectivity index (χ0n) is 10.9. The zero-order chi connectivity index (χ0) is 12.8. The summed E-state index contributed by atoms with van der Waals surface area (Å²) in [6.07, 6.45) is 9.42. The number of hydrogen-bond acceptors (Lipinski definition) is 1. The van der Waals surface area contributed by atoms with Crippen LogP contribution in [-0.2, 0) is 6.42 Å². The van der Waals surface area contributed by atoms with E-state index in [0.29, 0.717) is 0 Å². The van der Waals surface area contributed by atoms with Crippen molar-refractivity contribution < 1.29 is 0 Å². The number of allylic oxidation sites excluding steroid dienone is 4. The highest BCUT2D eigenvalue weighted by Crippen LogP contribution is 2.40. The van der Waals surface area contributed by atoms with Gasteiger partial charge in [-0.15, -0.1) is 0 Å². The van der Waals surface area contributed by atoms with E-state index in [1.54, 1.807) is 5.57 Å². The lowest BCUT2D eigenvalue weighted by molar-refractivity contribution is 0.831. The predicted molar refractivity (Wildman–Crippen MR) is 82.0 cm³/mol. The minimum atomic E-state index is 0.888. The average Bonchev–Trinajstić information content (AvgIpc) is 2.47. The maximum Gasteiger partial charge on any atom is 0.0393 e. The molecule has 19 heavy (non-hydrogen) atoms. The normalized spacial score (nSPS) is 17.5. The Morgan fingerprint density at radius 2 is 1.84 bits per heavy atom. The van der Waals surface area contributed by atoms with Crippen molar-refractivity contribution in [3.8, 4) is 0 Å². The minimum Gasteiger partial charge on any atom is -0.398 e. The number of hydrogen-bond donors (Lipinski definition) is 1. The molecule has 0 fully saturated rings. The third kappa shape index (κ3) is 1.54. The molecule has 1 nitrogen and oxygen atoms in total. The van der Waals surface area contributed by atoms with Crippen LogP contribution in [-0.4, -0.2) is 0 Å². The summed E-state index contributed by atoms with van der Waals surface area (Å²) < 4.78 is 0. The van der Waals surface area contributed by atoms with E-state index in [1.165, 1.54) is 46.7 Å². The Labute approximate surface area is 113 Å². The van der Waals surface area contributed by atoms with Crippen LogP contribution < -0.4 is 5.73 Å². The molecule has 2 aromatic rings. The predicted octanol–water partition coefficient (Wildman–Crippen LogP) is 4.47. The van der Waals surface area contributed by atoms with E-state index in [9.17, 15) is 0 Å². The first kappa shape index (κ1) is 10.9. The fraction of sp³-hybridized carbons (Fsp3) is 0.222. The third-order valence-electron chi connectivity index (χ3n) is 4.45. The standard InChI is InChI=1S/C18H17N/c19-18-7-3-6-14-16-9-8-12-4-1-2-5-13(12)15(16)10-11-17(14)18/h2-3,5-7,10-11H,1,4,8-9,19H2. The van der Waals surface area contributed by atoms with Crippen molar-refractivity contribution in [2.75, 3.05) is 5.73 Å². The molecule has 0 atom stereocenters. The molecule has 0 saturated heterocycles. The van der Waals surface area contributed by atoms with Crippen LogP contribution in [0.3, 0.4) is 0 Å². The van der Waals surface area contributed by atoms with Gasteiger partial charge in [-0.25, -0.2) is 0 Å². The topological polar surface area (TPSA) is 26.0 Å². The molecule has 0 bridgehead atoms. The molecule has 94 valence electrons. The second-order valence-electron chi connectivity index (χ2n) is 5.49. The molecule has 0 unspecified atom stereocenters. The average molecular weight is 247 g/mol. The first-order valence-corrected chi connectivity index (χ1v) is 7.03. The summed E-state index contributed by atoms with van der Waals surface area (Å²) >= 11 is 0. The molecular formula is C18H17N. The van der Waals surface area contributed by atoms with Gasteiger partial charge in [-0.1, -0.05) is 42.0 Å². The van der Waals surface area contributed by atoms with E-state index in [0.717, 1.165) is 12.1 Å². The largest absolute Gasteiger partial charge is 0.398 e.